The third kappa shape index (κ3) is 4.15. The molecule has 2 rings (SSSR count). The molecule has 0 spiro atoms. The fourth-order valence-electron chi connectivity index (χ4n) is 2.94. The van der Waals surface area contributed by atoms with E-state index in [4.69, 9.17) is 0 Å². The smallest absolute Gasteiger partial charge is 0.282 e. The number of rotatable bonds is 5. The van der Waals surface area contributed by atoms with Crippen LogP contribution in [0.1, 0.15) is 31.1 Å². The van der Waals surface area contributed by atoms with Crippen LogP contribution in [0.3, 0.4) is 0 Å². The van der Waals surface area contributed by atoms with Crippen molar-refractivity contribution in [1.82, 2.24) is 0 Å². The van der Waals surface area contributed by atoms with Gasteiger partial charge in [0.1, 0.15) is 26.2 Å². The number of benzene rings is 1. The summed E-state index contributed by atoms with van der Waals surface area (Å²) in [6, 6.07) is 7.02. The number of piperazine rings is 1. The molecule has 1 amide bonds. The van der Waals surface area contributed by atoms with Crippen LogP contribution in [0.4, 0.5) is 5.69 Å². The maximum atomic E-state index is 12.4. The zero-order valence-corrected chi connectivity index (χ0v) is 13.7. The Hall–Kier alpha value is -1.72. The van der Waals surface area contributed by atoms with Gasteiger partial charge in [-0.05, 0) is 45.0 Å². The third-order valence-electron chi connectivity index (χ3n) is 4.66. The minimum Gasteiger partial charge on any atom is -0.326 e. The van der Waals surface area contributed by atoms with Crippen molar-refractivity contribution in [1.29, 1.82) is 0 Å². The van der Waals surface area contributed by atoms with Gasteiger partial charge in [-0.1, -0.05) is 0 Å². The average molecular weight is 305 g/mol. The topological polar surface area (TPSA) is 55.1 Å². The van der Waals surface area contributed by atoms with Crippen molar-refractivity contribution in [3.05, 3.63) is 29.8 Å². The summed E-state index contributed by atoms with van der Waals surface area (Å²) in [5.41, 5.74) is 1.41. The summed E-state index contributed by atoms with van der Waals surface area (Å²) >= 11 is 0. The minimum atomic E-state index is -0.0501. The number of Topliss-reactive ketones (excluding diaryl/α,β-unsaturated/α-hetero) is 1. The SMILES string of the molecule is CC[NH+]1CC[NH+]([C@@H](C)C(=O)Nc2ccc(C(C)=O)cc2)CC1. The lowest BCUT2D eigenvalue weighted by molar-refractivity contribution is -1.02. The molecule has 1 fully saturated rings. The number of carbonyl (C=O) groups is 2. The third-order valence-corrected chi connectivity index (χ3v) is 4.66. The standard InChI is InChI=1S/C17H25N3O2/c1-4-19-9-11-20(12-10-19)13(2)17(22)18-16-7-5-15(6-8-16)14(3)21/h5-8,13H,4,9-12H2,1-3H3,(H,18,22)/p+2/t13-/m0/s1. The summed E-state index contributed by atoms with van der Waals surface area (Å²) in [5.74, 6) is 0.0810. The fraction of sp³-hybridized carbons (Fsp3) is 0.529. The first-order valence-electron chi connectivity index (χ1n) is 8.11. The number of amides is 1. The quantitative estimate of drug-likeness (QED) is 0.613. The molecule has 1 aliphatic rings. The molecule has 3 N–H and O–H groups in total. The van der Waals surface area contributed by atoms with Crippen molar-refractivity contribution in [2.45, 2.75) is 26.8 Å². The molecule has 1 atom stereocenters. The number of likely N-dealkylation sites (N-methyl/N-ethyl adjacent to an activating group) is 1. The summed E-state index contributed by atoms with van der Waals surface area (Å²) in [5, 5.41) is 2.95. The first-order chi connectivity index (χ1) is 10.5. The van der Waals surface area contributed by atoms with Gasteiger partial charge in [0.2, 0.25) is 0 Å². The molecule has 22 heavy (non-hydrogen) atoms. The van der Waals surface area contributed by atoms with E-state index in [1.165, 1.54) is 11.8 Å². The molecule has 0 bridgehead atoms. The molecule has 1 saturated heterocycles. The van der Waals surface area contributed by atoms with Crippen molar-refractivity contribution in [2.75, 3.05) is 38.0 Å². The van der Waals surface area contributed by atoms with E-state index in [1.807, 2.05) is 6.92 Å². The predicted octanol–water partition coefficient (Wildman–Crippen LogP) is -0.980. The van der Waals surface area contributed by atoms with Gasteiger partial charge in [0.15, 0.2) is 11.8 Å². The summed E-state index contributed by atoms with van der Waals surface area (Å²) < 4.78 is 0. The molecule has 0 aliphatic carbocycles. The molecule has 1 aromatic carbocycles. The summed E-state index contributed by atoms with van der Waals surface area (Å²) in [6.07, 6.45) is 0. The van der Waals surface area contributed by atoms with Crippen molar-refractivity contribution < 1.29 is 19.4 Å². The van der Waals surface area contributed by atoms with Crippen molar-refractivity contribution in [2.24, 2.45) is 0 Å². The van der Waals surface area contributed by atoms with E-state index in [0.717, 1.165) is 38.4 Å². The number of carbonyl (C=O) groups excluding carboxylic acids is 2. The molecular weight excluding hydrogens is 278 g/mol. The van der Waals surface area contributed by atoms with Gasteiger partial charge in [0.05, 0.1) is 6.54 Å². The Morgan fingerprint density at radius 3 is 2.23 bits per heavy atom. The van der Waals surface area contributed by atoms with Gasteiger partial charge in [-0.3, -0.25) is 9.59 Å². The molecule has 0 radical (unpaired) electrons. The van der Waals surface area contributed by atoms with E-state index in [9.17, 15) is 9.59 Å². The zero-order chi connectivity index (χ0) is 16.1. The number of quaternary nitrogens is 2. The Morgan fingerprint density at radius 2 is 1.73 bits per heavy atom. The second kappa shape index (κ2) is 7.51. The number of nitrogens with one attached hydrogen (secondary N) is 3. The fourth-order valence-corrected chi connectivity index (χ4v) is 2.94. The second-order valence-corrected chi connectivity index (χ2v) is 6.11. The summed E-state index contributed by atoms with van der Waals surface area (Å²) in [6.45, 7) is 11.3. The van der Waals surface area contributed by atoms with Crippen molar-refractivity contribution >= 4 is 17.4 Å². The van der Waals surface area contributed by atoms with Crippen molar-refractivity contribution in [3.8, 4) is 0 Å². The van der Waals surface area contributed by atoms with E-state index in [1.54, 1.807) is 29.2 Å². The van der Waals surface area contributed by atoms with E-state index in [-0.39, 0.29) is 17.7 Å². The Kier molecular flexibility index (Phi) is 5.69. The monoisotopic (exact) mass is 305 g/mol. The van der Waals surface area contributed by atoms with Crippen LogP contribution in [0, 0.1) is 0 Å². The number of anilines is 1. The highest BCUT2D eigenvalue weighted by molar-refractivity contribution is 5.96. The highest BCUT2D eigenvalue weighted by atomic mass is 16.2. The lowest BCUT2D eigenvalue weighted by Gasteiger charge is -2.32. The van der Waals surface area contributed by atoms with Gasteiger partial charge in [-0.15, -0.1) is 0 Å². The molecule has 0 saturated carbocycles. The molecule has 5 nitrogen and oxygen atoms in total. The Balaban J connectivity index is 1.90. The van der Waals surface area contributed by atoms with E-state index in [0.29, 0.717) is 5.56 Å². The maximum Gasteiger partial charge on any atom is 0.282 e. The Bertz CT molecular complexity index is 519. The predicted molar refractivity (Wildman–Crippen MR) is 86.5 cm³/mol. The first-order valence-corrected chi connectivity index (χ1v) is 8.11. The molecule has 120 valence electrons. The van der Waals surface area contributed by atoms with Crippen LogP contribution < -0.4 is 15.1 Å². The molecular formula is C17H27N3O2+2. The van der Waals surface area contributed by atoms with Crippen LogP contribution in [0.5, 0.6) is 0 Å². The first kappa shape index (κ1) is 16.6. The summed E-state index contributed by atoms with van der Waals surface area (Å²) in [4.78, 5) is 26.6. The van der Waals surface area contributed by atoms with Gasteiger partial charge in [0, 0.05) is 11.3 Å². The Morgan fingerprint density at radius 1 is 1.14 bits per heavy atom. The summed E-state index contributed by atoms with van der Waals surface area (Å²) in [7, 11) is 0. The van der Waals surface area contributed by atoms with Gasteiger partial charge < -0.3 is 15.1 Å². The van der Waals surface area contributed by atoms with Crippen LogP contribution >= 0.6 is 0 Å². The number of hydrogen-bond donors (Lipinski definition) is 3. The minimum absolute atomic E-state index is 0.0342. The lowest BCUT2D eigenvalue weighted by Crippen LogP contribution is -3.29. The maximum absolute atomic E-state index is 12.4. The van der Waals surface area contributed by atoms with Gasteiger partial charge in [-0.2, -0.15) is 0 Å². The van der Waals surface area contributed by atoms with E-state index < -0.39 is 0 Å². The number of hydrogen-bond acceptors (Lipinski definition) is 2. The highest BCUT2D eigenvalue weighted by Gasteiger charge is 2.30. The molecule has 0 unspecified atom stereocenters. The van der Waals surface area contributed by atoms with E-state index >= 15 is 0 Å². The normalized spacial score (nSPS) is 22.9. The van der Waals surface area contributed by atoms with Crippen molar-refractivity contribution in [3.63, 3.8) is 0 Å². The molecule has 1 aromatic rings. The van der Waals surface area contributed by atoms with Crippen LogP contribution in [0.2, 0.25) is 0 Å². The molecule has 0 aromatic heterocycles. The largest absolute Gasteiger partial charge is 0.326 e. The van der Waals surface area contributed by atoms with Crippen LogP contribution in [-0.4, -0.2) is 50.5 Å². The lowest BCUT2D eigenvalue weighted by atomic mass is 10.1. The Labute approximate surface area is 132 Å². The van der Waals surface area contributed by atoms with E-state index in [2.05, 4.69) is 12.2 Å². The van der Waals surface area contributed by atoms with Gasteiger partial charge >= 0.3 is 0 Å². The van der Waals surface area contributed by atoms with Crippen LogP contribution in [0.25, 0.3) is 0 Å². The molecule has 5 heteroatoms. The zero-order valence-electron chi connectivity index (χ0n) is 13.7. The molecule has 1 aliphatic heterocycles. The number of ketones is 1. The average Bonchev–Trinajstić information content (AvgIpc) is 2.54. The van der Waals surface area contributed by atoms with Crippen LogP contribution in [0.15, 0.2) is 24.3 Å². The second-order valence-electron chi connectivity index (χ2n) is 6.11. The molecule has 1 heterocycles. The highest BCUT2D eigenvalue weighted by Crippen LogP contribution is 2.10. The van der Waals surface area contributed by atoms with Gasteiger partial charge in [-0.25, -0.2) is 0 Å². The van der Waals surface area contributed by atoms with Gasteiger partial charge in [0.25, 0.3) is 5.91 Å². The van der Waals surface area contributed by atoms with Crippen LogP contribution in [-0.2, 0) is 4.79 Å².